The van der Waals surface area contributed by atoms with E-state index in [9.17, 15) is 4.79 Å². The highest BCUT2D eigenvalue weighted by Crippen LogP contribution is 2.04. The van der Waals surface area contributed by atoms with E-state index in [0.717, 1.165) is 24.2 Å². The van der Waals surface area contributed by atoms with E-state index in [-0.39, 0.29) is 5.91 Å². The lowest BCUT2D eigenvalue weighted by atomic mass is 10.2. The number of rotatable bonds is 6. The minimum Gasteiger partial charge on any atom is -0.350 e. The molecule has 100 valence electrons. The van der Waals surface area contributed by atoms with Gasteiger partial charge in [0.2, 0.25) is 5.91 Å². The summed E-state index contributed by atoms with van der Waals surface area (Å²) in [5.41, 5.74) is 1.63. The summed E-state index contributed by atoms with van der Waals surface area (Å²) in [6.07, 6.45) is 7.69. The van der Waals surface area contributed by atoms with Gasteiger partial charge in [0.05, 0.1) is 18.4 Å². The number of unbranched alkanes of at least 4 members (excludes halogenated alkanes) is 1. The number of hydrogen-bond acceptors (Lipinski definition) is 4. The van der Waals surface area contributed by atoms with Crippen LogP contribution in [0.3, 0.4) is 0 Å². The van der Waals surface area contributed by atoms with Gasteiger partial charge < -0.3 is 5.32 Å². The fourth-order valence-electron chi connectivity index (χ4n) is 1.62. The average Bonchev–Trinajstić information content (AvgIpc) is 2.93. The van der Waals surface area contributed by atoms with E-state index in [0.29, 0.717) is 13.0 Å². The molecule has 0 aliphatic carbocycles. The molecule has 0 unspecified atom stereocenters. The fraction of sp³-hybridized carbons (Fsp3) is 0.385. The smallest absolute Gasteiger partial charge is 0.220 e. The second-order valence-corrected chi connectivity index (χ2v) is 4.24. The van der Waals surface area contributed by atoms with E-state index in [1.54, 1.807) is 23.3 Å². The number of hydrogen-bond donors (Lipinski definition) is 1. The molecule has 0 spiro atoms. The first-order valence-electron chi connectivity index (χ1n) is 6.38. The lowest BCUT2D eigenvalue weighted by Crippen LogP contribution is -2.22. The van der Waals surface area contributed by atoms with Crippen LogP contribution in [-0.2, 0) is 11.3 Å². The van der Waals surface area contributed by atoms with Crippen LogP contribution in [0.1, 0.15) is 31.9 Å². The first-order chi connectivity index (χ1) is 9.29. The summed E-state index contributed by atoms with van der Waals surface area (Å²) >= 11 is 0. The lowest BCUT2D eigenvalue weighted by molar-refractivity contribution is -0.121. The molecule has 19 heavy (non-hydrogen) atoms. The van der Waals surface area contributed by atoms with Gasteiger partial charge in [-0.25, -0.2) is 4.68 Å². The van der Waals surface area contributed by atoms with Crippen LogP contribution in [0.4, 0.5) is 0 Å². The van der Waals surface area contributed by atoms with Gasteiger partial charge in [-0.05, 0) is 18.6 Å². The van der Waals surface area contributed by atoms with E-state index in [4.69, 9.17) is 0 Å². The van der Waals surface area contributed by atoms with E-state index in [2.05, 4.69) is 27.5 Å². The fourth-order valence-corrected chi connectivity index (χ4v) is 1.62. The van der Waals surface area contributed by atoms with Crippen LogP contribution >= 0.6 is 0 Å². The highest BCUT2D eigenvalue weighted by atomic mass is 16.1. The molecule has 0 aliphatic heterocycles. The third-order valence-electron chi connectivity index (χ3n) is 2.69. The Kier molecular flexibility index (Phi) is 4.60. The van der Waals surface area contributed by atoms with E-state index >= 15 is 0 Å². The number of carbonyl (C=O) groups excluding carboxylic acids is 1. The van der Waals surface area contributed by atoms with Gasteiger partial charge in [0.25, 0.3) is 0 Å². The molecule has 0 aromatic carbocycles. The number of amides is 1. The molecular weight excluding hydrogens is 242 g/mol. The number of nitrogens with one attached hydrogen (secondary N) is 1. The molecular formula is C13H17N5O. The van der Waals surface area contributed by atoms with Crippen molar-refractivity contribution in [3.63, 3.8) is 0 Å². The highest BCUT2D eigenvalue weighted by Gasteiger charge is 2.05. The Morgan fingerprint density at radius 2 is 2.16 bits per heavy atom. The van der Waals surface area contributed by atoms with Crippen molar-refractivity contribution in [2.45, 2.75) is 32.7 Å². The molecule has 1 N–H and O–H groups in total. The Labute approximate surface area is 111 Å². The summed E-state index contributed by atoms with van der Waals surface area (Å²) < 4.78 is 1.66. The maximum atomic E-state index is 11.5. The van der Waals surface area contributed by atoms with Crippen LogP contribution in [0.5, 0.6) is 0 Å². The lowest BCUT2D eigenvalue weighted by Gasteiger charge is -2.01. The van der Waals surface area contributed by atoms with Crippen molar-refractivity contribution in [2.75, 3.05) is 0 Å². The van der Waals surface area contributed by atoms with Gasteiger partial charge in [-0.3, -0.25) is 9.78 Å². The second-order valence-electron chi connectivity index (χ2n) is 4.24. The average molecular weight is 259 g/mol. The molecule has 6 heteroatoms. The molecule has 0 saturated carbocycles. The minimum absolute atomic E-state index is 0.0558. The molecule has 0 saturated heterocycles. The minimum atomic E-state index is 0.0558. The standard InChI is InChI=1S/C13H17N5O/c1-2-3-4-13(19)15-9-11-10-18(17-16-11)12-5-7-14-8-6-12/h5-8,10H,2-4,9H2,1H3,(H,15,19). The third-order valence-corrected chi connectivity index (χ3v) is 2.69. The molecule has 0 fully saturated rings. The Morgan fingerprint density at radius 3 is 2.89 bits per heavy atom. The Hall–Kier alpha value is -2.24. The highest BCUT2D eigenvalue weighted by molar-refractivity contribution is 5.75. The number of carbonyl (C=O) groups is 1. The van der Waals surface area contributed by atoms with Crippen LogP contribution in [0.25, 0.3) is 5.69 Å². The first-order valence-corrected chi connectivity index (χ1v) is 6.38. The van der Waals surface area contributed by atoms with Gasteiger partial charge >= 0.3 is 0 Å². The van der Waals surface area contributed by atoms with Crippen molar-refractivity contribution in [3.05, 3.63) is 36.4 Å². The van der Waals surface area contributed by atoms with Crippen molar-refractivity contribution in [2.24, 2.45) is 0 Å². The van der Waals surface area contributed by atoms with E-state index < -0.39 is 0 Å². The van der Waals surface area contributed by atoms with Crippen molar-refractivity contribution < 1.29 is 4.79 Å². The van der Waals surface area contributed by atoms with Crippen LogP contribution in [0.15, 0.2) is 30.7 Å². The van der Waals surface area contributed by atoms with Gasteiger partial charge in [-0.15, -0.1) is 5.10 Å². The molecule has 0 aliphatic rings. The molecule has 2 aromatic rings. The van der Waals surface area contributed by atoms with Crippen LogP contribution in [0, 0.1) is 0 Å². The largest absolute Gasteiger partial charge is 0.350 e. The van der Waals surface area contributed by atoms with Crippen LogP contribution in [0.2, 0.25) is 0 Å². The number of nitrogens with zero attached hydrogens (tertiary/aromatic N) is 4. The first kappa shape index (κ1) is 13.2. The van der Waals surface area contributed by atoms with Crippen LogP contribution < -0.4 is 5.32 Å². The van der Waals surface area contributed by atoms with Gasteiger partial charge in [-0.1, -0.05) is 18.6 Å². The van der Waals surface area contributed by atoms with Crippen molar-refractivity contribution in [1.82, 2.24) is 25.3 Å². The summed E-state index contributed by atoms with van der Waals surface area (Å²) in [5, 5.41) is 10.9. The Morgan fingerprint density at radius 1 is 1.37 bits per heavy atom. The molecule has 0 atom stereocenters. The summed E-state index contributed by atoms with van der Waals surface area (Å²) in [6, 6.07) is 3.69. The molecule has 0 radical (unpaired) electrons. The van der Waals surface area contributed by atoms with Crippen molar-refractivity contribution in [3.8, 4) is 5.69 Å². The predicted octanol–water partition coefficient (Wildman–Crippen LogP) is 1.47. The van der Waals surface area contributed by atoms with Crippen molar-refractivity contribution >= 4 is 5.91 Å². The zero-order valence-corrected chi connectivity index (χ0v) is 10.9. The predicted molar refractivity (Wildman–Crippen MR) is 70.5 cm³/mol. The summed E-state index contributed by atoms with van der Waals surface area (Å²) in [5.74, 6) is 0.0558. The zero-order valence-electron chi connectivity index (χ0n) is 10.9. The SMILES string of the molecule is CCCCC(=O)NCc1cn(-c2ccncc2)nn1. The summed E-state index contributed by atoms with van der Waals surface area (Å²) in [7, 11) is 0. The van der Waals surface area contributed by atoms with Gasteiger partial charge in [0.1, 0.15) is 5.69 Å². The number of pyridine rings is 1. The van der Waals surface area contributed by atoms with Gasteiger partial charge in [0.15, 0.2) is 0 Å². The molecule has 1 amide bonds. The Bertz CT molecular complexity index is 523. The summed E-state index contributed by atoms with van der Waals surface area (Å²) in [6.45, 7) is 2.47. The summed E-state index contributed by atoms with van der Waals surface area (Å²) in [4.78, 5) is 15.4. The van der Waals surface area contributed by atoms with E-state index in [1.165, 1.54) is 0 Å². The van der Waals surface area contributed by atoms with E-state index in [1.807, 2.05) is 12.1 Å². The van der Waals surface area contributed by atoms with Crippen molar-refractivity contribution in [1.29, 1.82) is 0 Å². The Balaban J connectivity index is 1.90. The molecule has 2 heterocycles. The van der Waals surface area contributed by atoms with Gasteiger partial charge in [-0.2, -0.15) is 0 Å². The monoisotopic (exact) mass is 259 g/mol. The third kappa shape index (κ3) is 3.87. The molecule has 2 rings (SSSR count). The maximum Gasteiger partial charge on any atom is 0.220 e. The van der Waals surface area contributed by atoms with Crippen LogP contribution in [-0.4, -0.2) is 25.9 Å². The molecule has 0 bridgehead atoms. The molecule has 6 nitrogen and oxygen atoms in total. The second kappa shape index (κ2) is 6.63. The maximum absolute atomic E-state index is 11.5. The zero-order chi connectivity index (χ0) is 13.5. The normalized spacial score (nSPS) is 10.4. The van der Waals surface area contributed by atoms with Gasteiger partial charge in [0, 0.05) is 18.8 Å². The molecule has 2 aromatic heterocycles. The quantitative estimate of drug-likeness (QED) is 0.852. The topological polar surface area (TPSA) is 72.7 Å². The number of aromatic nitrogens is 4.